The van der Waals surface area contributed by atoms with Gasteiger partial charge in [0.15, 0.2) is 0 Å². The van der Waals surface area contributed by atoms with Gasteiger partial charge in [0.1, 0.15) is 0 Å². The fourth-order valence-corrected chi connectivity index (χ4v) is 3.78. The number of amides is 1. The largest absolute Gasteiger partial charge is 0.465 e. The standard InChI is InChI=1S/C21H25NO3/c23-20-18(12-11-16-7-3-1-4-8-16)13-14-22(21(24)25)19(20)15-17-9-5-2-6-10-17/h1-10,18-20,23H,11-15H2,(H,24,25). The molecule has 4 nitrogen and oxygen atoms in total. The Hall–Kier alpha value is -2.33. The van der Waals surface area contributed by atoms with Gasteiger partial charge in [-0.25, -0.2) is 4.79 Å². The minimum Gasteiger partial charge on any atom is -0.465 e. The zero-order valence-corrected chi connectivity index (χ0v) is 14.3. The minimum atomic E-state index is -0.943. The van der Waals surface area contributed by atoms with Crippen molar-refractivity contribution in [2.75, 3.05) is 6.54 Å². The lowest BCUT2D eigenvalue weighted by Gasteiger charge is -2.42. The maximum atomic E-state index is 11.6. The molecule has 1 amide bonds. The van der Waals surface area contributed by atoms with E-state index in [0.717, 1.165) is 18.4 Å². The van der Waals surface area contributed by atoms with Crippen molar-refractivity contribution in [2.24, 2.45) is 5.92 Å². The van der Waals surface area contributed by atoms with Crippen molar-refractivity contribution in [3.05, 3.63) is 71.8 Å². The van der Waals surface area contributed by atoms with Crippen LogP contribution in [0.5, 0.6) is 0 Å². The minimum absolute atomic E-state index is 0.129. The molecule has 3 unspecified atom stereocenters. The van der Waals surface area contributed by atoms with Gasteiger partial charge >= 0.3 is 6.09 Å². The zero-order valence-electron chi connectivity index (χ0n) is 14.3. The molecule has 0 bridgehead atoms. The second kappa shape index (κ2) is 8.17. The number of rotatable bonds is 5. The van der Waals surface area contributed by atoms with Crippen LogP contribution in [0.1, 0.15) is 24.0 Å². The van der Waals surface area contributed by atoms with Crippen LogP contribution in [0, 0.1) is 5.92 Å². The van der Waals surface area contributed by atoms with Crippen LogP contribution in [0.3, 0.4) is 0 Å². The number of benzene rings is 2. The molecule has 3 rings (SSSR count). The SMILES string of the molecule is O=C(O)N1CCC(CCc2ccccc2)C(O)C1Cc1ccccc1. The average Bonchev–Trinajstić information content (AvgIpc) is 2.64. The van der Waals surface area contributed by atoms with Gasteiger partial charge in [-0.3, -0.25) is 0 Å². The second-order valence-electron chi connectivity index (χ2n) is 6.80. The predicted octanol–water partition coefficient (Wildman–Crippen LogP) is 3.59. The molecule has 25 heavy (non-hydrogen) atoms. The van der Waals surface area contributed by atoms with Crippen molar-refractivity contribution in [1.29, 1.82) is 0 Å². The third-order valence-corrected chi connectivity index (χ3v) is 5.20. The van der Waals surface area contributed by atoms with Crippen LogP contribution in [-0.4, -0.2) is 39.9 Å². The lowest BCUT2D eigenvalue weighted by atomic mass is 9.81. The van der Waals surface area contributed by atoms with E-state index in [-0.39, 0.29) is 12.0 Å². The maximum Gasteiger partial charge on any atom is 0.407 e. The summed E-state index contributed by atoms with van der Waals surface area (Å²) < 4.78 is 0. The Labute approximate surface area is 148 Å². The van der Waals surface area contributed by atoms with Gasteiger partial charge in [0.05, 0.1) is 12.1 Å². The normalized spacial score (nSPS) is 23.4. The monoisotopic (exact) mass is 339 g/mol. The molecule has 0 aliphatic carbocycles. The van der Waals surface area contributed by atoms with Crippen LogP contribution in [0.2, 0.25) is 0 Å². The molecular formula is C21H25NO3. The maximum absolute atomic E-state index is 11.6. The molecule has 2 aromatic carbocycles. The number of aliphatic hydroxyl groups is 1. The first-order valence-corrected chi connectivity index (χ1v) is 8.90. The van der Waals surface area contributed by atoms with Gasteiger partial charge in [-0.1, -0.05) is 60.7 Å². The summed E-state index contributed by atoms with van der Waals surface area (Å²) >= 11 is 0. The molecule has 2 N–H and O–H groups in total. The molecule has 1 aliphatic heterocycles. The van der Waals surface area contributed by atoms with Crippen LogP contribution in [0.4, 0.5) is 4.79 Å². The van der Waals surface area contributed by atoms with Gasteiger partial charge in [-0.15, -0.1) is 0 Å². The number of likely N-dealkylation sites (tertiary alicyclic amines) is 1. The first-order valence-electron chi connectivity index (χ1n) is 8.90. The molecule has 0 aromatic heterocycles. The van der Waals surface area contributed by atoms with E-state index in [2.05, 4.69) is 12.1 Å². The van der Waals surface area contributed by atoms with Gasteiger partial charge in [0.2, 0.25) is 0 Å². The summed E-state index contributed by atoms with van der Waals surface area (Å²) in [6.07, 6.45) is 1.48. The van der Waals surface area contributed by atoms with E-state index in [1.807, 2.05) is 48.5 Å². The quantitative estimate of drug-likeness (QED) is 0.875. The molecule has 0 saturated carbocycles. The summed E-state index contributed by atoms with van der Waals surface area (Å²) in [5, 5.41) is 20.4. The van der Waals surface area contributed by atoms with Crippen molar-refractivity contribution in [3.8, 4) is 0 Å². The van der Waals surface area contributed by atoms with Gasteiger partial charge in [-0.05, 0) is 42.7 Å². The Bertz CT molecular complexity index is 674. The molecule has 1 aliphatic rings. The second-order valence-corrected chi connectivity index (χ2v) is 6.80. The van der Waals surface area contributed by atoms with Gasteiger partial charge < -0.3 is 15.1 Å². The van der Waals surface area contributed by atoms with Gasteiger partial charge in [-0.2, -0.15) is 0 Å². The van der Waals surface area contributed by atoms with E-state index in [1.165, 1.54) is 10.5 Å². The Morgan fingerprint density at radius 3 is 2.20 bits per heavy atom. The fraction of sp³-hybridized carbons (Fsp3) is 0.381. The van der Waals surface area contributed by atoms with E-state index in [9.17, 15) is 15.0 Å². The van der Waals surface area contributed by atoms with E-state index in [4.69, 9.17) is 0 Å². The highest BCUT2D eigenvalue weighted by Crippen LogP contribution is 2.29. The topological polar surface area (TPSA) is 60.8 Å². The Balaban J connectivity index is 1.69. The number of carboxylic acid groups (broad SMARTS) is 1. The molecule has 3 atom stereocenters. The third-order valence-electron chi connectivity index (χ3n) is 5.20. The van der Waals surface area contributed by atoms with Crippen LogP contribution in [-0.2, 0) is 12.8 Å². The van der Waals surface area contributed by atoms with Crippen LogP contribution < -0.4 is 0 Å². The molecule has 2 aromatic rings. The Kier molecular flexibility index (Phi) is 5.71. The number of nitrogens with zero attached hydrogens (tertiary/aromatic N) is 1. The van der Waals surface area contributed by atoms with E-state index in [0.29, 0.717) is 19.4 Å². The van der Waals surface area contributed by atoms with E-state index in [1.54, 1.807) is 0 Å². The van der Waals surface area contributed by atoms with Crippen molar-refractivity contribution in [1.82, 2.24) is 4.90 Å². The van der Waals surface area contributed by atoms with Crippen molar-refractivity contribution in [2.45, 2.75) is 37.8 Å². The number of aryl methyl sites for hydroxylation is 1. The lowest BCUT2D eigenvalue weighted by Crippen LogP contribution is -2.55. The summed E-state index contributed by atoms with van der Waals surface area (Å²) in [5.41, 5.74) is 2.32. The fourth-order valence-electron chi connectivity index (χ4n) is 3.78. The smallest absolute Gasteiger partial charge is 0.407 e. The number of piperidine rings is 1. The molecule has 132 valence electrons. The summed E-state index contributed by atoms with van der Waals surface area (Å²) in [6, 6.07) is 19.7. The number of hydrogen-bond acceptors (Lipinski definition) is 2. The summed E-state index contributed by atoms with van der Waals surface area (Å²) in [6.45, 7) is 0.489. The van der Waals surface area contributed by atoms with Gasteiger partial charge in [0.25, 0.3) is 0 Å². The highest BCUT2D eigenvalue weighted by Gasteiger charge is 2.38. The van der Waals surface area contributed by atoms with Crippen molar-refractivity contribution < 1.29 is 15.0 Å². The molecule has 1 saturated heterocycles. The molecule has 1 fully saturated rings. The number of hydrogen-bond donors (Lipinski definition) is 2. The first-order chi connectivity index (χ1) is 12.1. The molecule has 1 heterocycles. The summed E-state index contributed by atoms with van der Waals surface area (Å²) in [7, 11) is 0. The highest BCUT2D eigenvalue weighted by atomic mass is 16.4. The van der Waals surface area contributed by atoms with Crippen LogP contribution in [0.15, 0.2) is 60.7 Å². The Morgan fingerprint density at radius 2 is 1.60 bits per heavy atom. The Morgan fingerprint density at radius 1 is 1.00 bits per heavy atom. The lowest BCUT2D eigenvalue weighted by molar-refractivity contribution is -0.0241. The van der Waals surface area contributed by atoms with Crippen LogP contribution in [0.25, 0.3) is 0 Å². The highest BCUT2D eigenvalue weighted by molar-refractivity contribution is 5.65. The molecule has 0 spiro atoms. The molecule has 4 heteroatoms. The van der Waals surface area contributed by atoms with Gasteiger partial charge in [0, 0.05) is 6.54 Å². The molecule has 0 radical (unpaired) electrons. The average molecular weight is 339 g/mol. The zero-order chi connectivity index (χ0) is 17.6. The van der Waals surface area contributed by atoms with Crippen LogP contribution >= 0.6 is 0 Å². The number of carbonyl (C=O) groups is 1. The van der Waals surface area contributed by atoms with Crippen molar-refractivity contribution >= 4 is 6.09 Å². The van der Waals surface area contributed by atoms with E-state index >= 15 is 0 Å². The third kappa shape index (κ3) is 4.40. The predicted molar refractivity (Wildman–Crippen MR) is 97.5 cm³/mol. The van der Waals surface area contributed by atoms with E-state index < -0.39 is 12.2 Å². The molecular weight excluding hydrogens is 314 g/mol. The van der Waals surface area contributed by atoms with Crippen molar-refractivity contribution in [3.63, 3.8) is 0 Å². The number of aliphatic hydroxyl groups excluding tert-OH is 1. The summed E-state index contributed by atoms with van der Waals surface area (Å²) in [4.78, 5) is 13.0. The summed E-state index contributed by atoms with van der Waals surface area (Å²) in [5.74, 6) is 0.129. The first kappa shape index (κ1) is 17.5.